The van der Waals surface area contributed by atoms with Gasteiger partial charge in [0.05, 0.1) is 0 Å². The molecule has 0 N–H and O–H groups in total. The third-order valence-corrected chi connectivity index (χ3v) is 2.88. The molecule has 1 radical (unpaired) electrons. The summed E-state index contributed by atoms with van der Waals surface area (Å²) in [5.74, 6) is 0.634. The molecule has 0 saturated carbocycles. The predicted molar refractivity (Wildman–Crippen MR) is 61.5 cm³/mol. The van der Waals surface area contributed by atoms with Crippen LogP contribution in [-0.2, 0) is 0 Å². The zero-order valence-corrected chi connectivity index (χ0v) is 8.75. The molecule has 0 bridgehead atoms. The lowest BCUT2D eigenvalue weighted by Crippen LogP contribution is -1.92. The molecule has 0 fully saturated rings. The number of hydrogen-bond donors (Lipinski definition) is 0. The first-order valence-corrected chi connectivity index (χ1v) is 5.22. The molecule has 14 heavy (non-hydrogen) atoms. The molecule has 1 atom stereocenters. The molecular weight excluding hydrogens is 168 g/mol. The van der Waals surface area contributed by atoms with Crippen molar-refractivity contribution >= 4 is 10.8 Å². The molecule has 1 unspecified atom stereocenters. The van der Waals surface area contributed by atoms with Crippen LogP contribution < -0.4 is 0 Å². The van der Waals surface area contributed by atoms with Gasteiger partial charge in [0.1, 0.15) is 0 Å². The van der Waals surface area contributed by atoms with Crippen molar-refractivity contribution in [3.05, 3.63) is 48.0 Å². The van der Waals surface area contributed by atoms with Crippen molar-refractivity contribution in [3.8, 4) is 0 Å². The summed E-state index contributed by atoms with van der Waals surface area (Å²) in [5, 5.41) is 2.58. The van der Waals surface area contributed by atoms with E-state index in [0.29, 0.717) is 5.92 Å². The largest absolute Gasteiger partial charge is 0.0648 e. The Balaban J connectivity index is 2.65. The second kappa shape index (κ2) is 3.83. The first-order valence-electron chi connectivity index (χ1n) is 5.22. The first kappa shape index (κ1) is 9.26. The summed E-state index contributed by atoms with van der Waals surface area (Å²) in [6.07, 6.45) is 1.19. The van der Waals surface area contributed by atoms with Crippen LogP contribution in [0.3, 0.4) is 0 Å². The number of rotatable bonds is 2. The van der Waals surface area contributed by atoms with Gasteiger partial charge in [-0.05, 0) is 34.7 Å². The quantitative estimate of drug-likeness (QED) is 0.656. The monoisotopic (exact) mass is 183 g/mol. The molecule has 2 rings (SSSR count). The van der Waals surface area contributed by atoms with Gasteiger partial charge in [0, 0.05) is 0 Å². The van der Waals surface area contributed by atoms with E-state index in [1.54, 1.807) is 0 Å². The smallest absolute Gasteiger partial charge is 0.00990 e. The zero-order valence-electron chi connectivity index (χ0n) is 8.75. The molecule has 0 heteroatoms. The maximum atomic E-state index is 3.27. The van der Waals surface area contributed by atoms with Crippen LogP contribution in [0.1, 0.15) is 31.7 Å². The molecule has 0 heterocycles. The van der Waals surface area contributed by atoms with Crippen LogP contribution in [0.25, 0.3) is 10.8 Å². The lowest BCUT2D eigenvalue weighted by molar-refractivity contribution is 0.739. The van der Waals surface area contributed by atoms with E-state index in [1.807, 2.05) is 6.07 Å². The fourth-order valence-corrected chi connectivity index (χ4v) is 1.82. The van der Waals surface area contributed by atoms with Gasteiger partial charge in [0.2, 0.25) is 0 Å². The summed E-state index contributed by atoms with van der Waals surface area (Å²) in [4.78, 5) is 0. The molecule has 0 spiro atoms. The van der Waals surface area contributed by atoms with E-state index in [9.17, 15) is 0 Å². The summed E-state index contributed by atoms with van der Waals surface area (Å²) >= 11 is 0. The Hall–Kier alpha value is -1.30. The maximum Gasteiger partial charge on any atom is -0.00990 e. The second-order valence-electron chi connectivity index (χ2n) is 3.79. The highest BCUT2D eigenvalue weighted by Crippen LogP contribution is 2.26. The molecule has 0 aliphatic rings. The molecule has 0 amide bonds. The molecule has 2 aromatic rings. The fraction of sp³-hybridized carbons (Fsp3) is 0.286. The summed E-state index contributed by atoms with van der Waals surface area (Å²) in [6, 6.07) is 16.0. The van der Waals surface area contributed by atoms with Gasteiger partial charge in [0.15, 0.2) is 0 Å². The van der Waals surface area contributed by atoms with Crippen LogP contribution in [0.4, 0.5) is 0 Å². The summed E-state index contributed by atoms with van der Waals surface area (Å²) < 4.78 is 0. The fourth-order valence-electron chi connectivity index (χ4n) is 1.82. The lowest BCUT2D eigenvalue weighted by Gasteiger charge is -2.11. The molecule has 2 aromatic carbocycles. The third kappa shape index (κ3) is 1.52. The molecule has 0 nitrogen and oxygen atoms in total. The van der Waals surface area contributed by atoms with Gasteiger partial charge in [-0.25, -0.2) is 0 Å². The van der Waals surface area contributed by atoms with Crippen LogP contribution in [0.15, 0.2) is 36.4 Å². The Morgan fingerprint density at radius 3 is 2.79 bits per heavy atom. The summed E-state index contributed by atoms with van der Waals surface area (Å²) in [6.45, 7) is 4.51. The third-order valence-electron chi connectivity index (χ3n) is 2.88. The minimum atomic E-state index is 0.634. The van der Waals surface area contributed by atoms with E-state index in [1.165, 1.54) is 22.8 Å². The topological polar surface area (TPSA) is 0 Å². The summed E-state index contributed by atoms with van der Waals surface area (Å²) in [5.41, 5.74) is 1.45. The van der Waals surface area contributed by atoms with Crippen molar-refractivity contribution in [1.82, 2.24) is 0 Å². The minimum absolute atomic E-state index is 0.634. The van der Waals surface area contributed by atoms with Crippen LogP contribution in [0.2, 0.25) is 0 Å². The second-order valence-corrected chi connectivity index (χ2v) is 3.79. The predicted octanol–water partition coefficient (Wildman–Crippen LogP) is 4.15. The van der Waals surface area contributed by atoms with Gasteiger partial charge in [-0.1, -0.05) is 50.2 Å². The Labute approximate surface area is 85.6 Å². The van der Waals surface area contributed by atoms with Crippen molar-refractivity contribution in [2.75, 3.05) is 0 Å². The van der Waals surface area contributed by atoms with E-state index in [2.05, 4.69) is 50.2 Å². The summed E-state index contributed by atoms with van der Waals surface area (Å²) in [7, 11) is 0. The van der Waals surface area contributed by atoms with Crippen LogP contribution in [0, 0.1) is 6.07 Å². The van der Waals surface area contributed by atoms with E-state index in [4.69, 9.17) is 0 Å². The number of fused-ring (bicyclic) bond motifs is 1. The highest BCUT2D eigenvalue weighted by Gasteiger charge is 2.06. The maximum absolute atomic E-state index is 3.27. The van der Waals surface area contributed by atoms with Gasteiger partial charge < -0.3 is 0 Å². The van der Waals surface area contributed by atoms with Gasteiger partial charge in [-0.15, -0.1) is 0 Å². The van der Waals surface area contributed by atoms with Gasteiger partial charge in [0.25, 0.3) is 0 Å². The SMILES string of the molecule is CCC(C)c1cc[c]c2ccccc12. The molecule has 71 valence electrons. The van der Waals surface area contributed by atoms with Crippen molar-refractivity contribution < 1.29 is 0 Å². The lowest BCUT2D eigenvalue weighted by atomic mass is 9.93. The molecule has 0 aliphatic heterocycles. The van der Waals surface area contributed by atoms with Gasteiger partial charge in [-0.3, -0.25) is 0 Å². The Morgan fingerprint density at radius 2 is 2.00 bits per heavy atom. The minimum Gasteiger partial charge on any atom is -0.0648 e. The highest BCUT2D eigenvalue weighted by atomic mass is 14.1. The highest BCUT2D eigenvalue weighted by molar-refractivity contribution is 5.85. The van der Waals surface area contributed by atoms with Crippen molar-refractivity contribution in [3.63, 3.8) is 0 Å². The van der Waals surface area contributed by atoms with Crippen LogP contribution in [0.5, 0.6) is 0 Å². The average molecular weight is 183 g/mol. The first-order chi connectivity index (χ1) is 6.83. The Morgan fingerprint density at radius 1 is 1.21 bits per heavy atom. The van der Waals surface area contributed by atoms with E-state index in [-0.39, 0.29) is 0 Å². The molecule has 0 saturated heterocycles. The molecular formula is C14H15. The van der Waals surface area contributed by atoms with E-state index in [0.717, 1.165) is 0 Å². The van der Waals surface area contributed by atoms with Crippen molar-refractivity contribution in [2.24, 2.45) is 0 Å². The molecule has 0 aliphatic carbocycles. The normalized spacial score (nSPS) is 13.0. The van der Waals surface area contributed by atoms with Crippen molar-refractivity contribution in [1.29, 1.82) is 0 Å². The Kier molecular flexibility index (Phi) is 2.53. The van der Waals surface area contributed by atoms with E-state index >= 15 is 0 Å². The van der Waals surface area contributed by atoms with Gasteiger partial charge in [-0.2, -0.15) is 0 Å². The van der Waals surface area contributed by atoms with Crippen LogP contribution in [-0.4, -0.2) is 0 Å². The van der Waals surface area contributed by atoms with Gasteiger partial charge >= 0.3 is 0 Å². The zero-order chi connectivity index (χ0) is 9.97. The standard InChI is InChI=1S/C14H15/c1-3-11(2)13-10-6-8-12-7-4-5-9-14(12)13/h4-7,9-11H,3H2,1-2H3. The average Bonchev–Trinajstić information content (AvgIpc) is 2.27. The van der Waals surface area contributed by atoms with Crippen molar-refractivity contribution in [2.45, 2.75) is 26.2 Å². The van der Waals surface area contributed by atoms with E-state index < -0.39 is 0 Å². The molecule has 0 aromatic heterocycles. The number of benzene rings is 2. The Bertz CT molecular complexity index is 423. The number of hydrogen-bond acceptors (Lipinski definition) is 0. The van der Waals surface area contributed by atoms with Crippen LogP contribution >= 0.6 is 0 Å².